The SMILES string of the molecule is CN(C)C(=O)C[C@@H]1OC[C@@H]2CN(Cc3cccc4ccccc34)CC[C@@H]21. The summed E-state index contributed by atoms with van der Waals surface area (Å²) in [4.78, 5) is 16.3. The highest BCUT2D eigenvalue weighted by Gasteiger charge is 2.41. The summed E-state index contributed by atoms with van der Waals surface area (Å²) in [5.41, 5.74) is 1.40. The Bertz CT molecular complexity index is 783. The van der Waals surface area contributed by atoms with E-state index in [2.05, 4.69) is 47.4 Å². The van der Waals surface area contributed by atoms with Crippen LogP contribution in [-0.4, -0.2) is 55.6 Å². The standard InChI is InChI=1S/C22H28N2O2/c1-23(2)22(25)12-21-20-10-11-24(14-18(20)15-26-21)13-17-8-5-7-16-6-3-4-9-19(16)17/h3-9,18,20-21H,10-15H2,1-2H3/t18-,20-,21-/m0/s1. The molecule has 26 heavy (non-hydrogen) atoms. The molecule has 0 unspecified atom stereocenters. The Hall–Kier alpha value is -1.91. The third-order valence-electron chi connectivity index (χ3n) is 6.03. The van der Waals surface area contributed by atoms with Crippen molar-refractivity contribution >= 4 is 16.7 Å². The minimum Gasteiger partial charge on any atom is -0.377 e. The predicted molar refractivity (Wildman–Crippen MR) is 104 cm³/mol. The number of likely N-dealkylation sites (tertiary alicyclic amines) is 1. The maximum Gasteiger partial charge on any atom is 0.224 e. The van der Waals surface area contributed by atoms with E-state index >= 15 is 0 Å². The molecule has 0 spiro atoms. The summed E-state index contributed by atoms with van der Waals surface area (Å²) in [5.74, 6) is 1.26. The molecule has 4 rings (SSSR count). The van der Waals surface area contributed by atoms with Gasteiger partial charge in [-0.25, -0.2) is 0 Å². The van der Waals surface area contributed by atoms with E-state index < -0.39 is 0 Å². The van der Waals surface area contributed by atoms with Crippen molar-refractivity contribution in [2.24, 2.45) is 11.8 Å². The zero-order valence-corrected chi connectivity index (χ0v) is 15.7. The lowest BCUT2D eigenvalue weighted by Gasteiger charge is -2.36. The Balaban J connectivity index is 1.41. The molecule has 1 amide bonds. The first-order valence-electron chi connectivity index (χ1n) is 9.62. The van der Waals surface area contributed by atoms with E-state index in [4.69, 9.17) is 4.74 Å². The Morgan fingerprint density at radius 2 is 2.00 bits per heavy atom. The average Bonchev–Trinajstić information content (AvgIpc) is 3.04. The van der Waals surface area contributed by atoms with E-state index in [1.54, 1.807) is 4.90 Å². The number of hydrogen-bond acceptors (Lipinski definition) is 3. The van der Waals surface area contributed by atoms with Crippen molar-refractivity contribution in [1.82, 2.24) is 9.80 Å². The number of carbonyl (C=O) groups excluding carboxylic acids is 1. The molecule has 0 radical (unpaired) electrons. The van der Waals surface area contributed by atoms with Crippen molar-refractivity contribution in [3.63, 3.8) is 0 Å². The van der Waals surface area contributed by atoms with Crippen LogP contribution >= 0.6 is 0 Å². The van der Waals surface area contributed by atoms with Crippen molar-refractivity contribution < 1.29 is 9.53 Å². The van der Waals surface area contributed by atoms with Gasteiger partial charge in [0.25, 0.3) is 0 Å². The molecule has 2 aromatic rings. The summed E-state index contributed by atoms with van der Waals surface area (Å²) in [6, 6.07) is 15.2. The summed E-state index contributed by atoms with van der Waals surface area (Å²) in [7, 11) is 3.64. The fourth-order valence-corrected chi connectivity index (χ4v) is 4.54. The number of carbonyl (C=O) groups is 1. The zero-order valence-electron chi connectivity index (χ0n) is 15.7. The van der Waals surface area contributed by atoms with Gasteiger partial charge < -0.3 is 9.64 Å². The molecule has 0 bridgehead atoms. The van der Waals surface area contributed by atoms with Crippen molar-refractivity contribution in [3.05, 3.63) is 48.0 Å². The van der Waals surface area contributed by atoms with Crippen molar-refractivity contribution in [2.75, 3.05) is 33.8 Å². The fourth-order valence-electron chi connectivity index (χ4n) is 4.54. The molecular weight excluding hydrogens is 324 g/mol. The van der Waals surface area contributed by atoms with Gasteiger partial charge in [0.1, 0.15) is 0 Å². The molecule has 2 fully saturated rings. The van der Waals surface area contributed by atoms with Crippen molar-refractivity contribution in [2.45, 2.75) is 25.5 Å². The zero-order chi connectivity index (χ0) is 18.1. The van der Waals surface area contributed by atoms with E-state index in [-0.39, 0.29) is 12.0 Å². The fraction of sp³-hybridized carbons (Fsp3) is 0.500. The number of amides is 1. The van der Waals surface area contributed by atoms with E-state index in [1.807, 2.05) is 14.1 Å². The highest BCUT2D eigenvalue weighted by molar-refractivity contribution is 5.85. The van der Waals surface area contributed by atoms with Gasteiger partial charge in [-0.05, 0) is 35.2 Å². The van der Waals surface area contributed by atoms with Gasteiger partial charge >= 0.3 is 0 Å². The molecule has 2 aliphatic rings. The Morgan fingerprint density at radius 1 is 1.19 bits per heavy atom. The molecule has 0 aromatic heterocycles. The summed E-state index contributed by atoms with van der Waals surface area (Å²) >= 11 is 0. The molecule has 2 aliphatic heterocycles. The number of nitrogens with zero attached hydrogens (tertiary/aromatic N) is 2. The van der Waals surface area contributed by atoms with Crippen LogP contribution in [0.1, 0.15) is 18.4 Å². The molecule has 138 valence electrons. The second-order valence-electron chi connectivity index (χ2n) is 7.95. The average molecular weight is 352 g/mol. The quantitative estimate of drug-likeness (QED) is 0.847. The molecule has 0 aliphatic carbocycles. The molecule has 2 aromatic carbocycles. The maximum atomic E-state index is 12.0. The Labute approximate surface area is 155 Å². The van der Waals surface area contributed by atoms with Gasteiger partial charge in [-0.1, -0.05) is 42.5 Å². The third-order valence-corrected chi connectivity index (χ3v) is 6.03. The van der Waals surface area contributed by atoms with Crippen LogP contribution in [0.3, 0.4) is 0 Å². The van der Waals surface area contributed by atoms with Crippen molar-refractivity contribution in [1.29, 1.82) is 0 Å². The molecule has 3 atom stereocenters. The van der Waals surface area contributed by atoms with Gasteiger partial charge in [-0.2, -0.15) is 0 Å². The van der Waals surface area contributed by atoms with Gasteiger partial charge in [-0.15, -0.1) is 0 Å². The number of ether oxygens (including phenoxy) is 1. The van der Waals surface area contributed by atoms with E-state index in [9.17, 15) is 4.79 Å². The highest BCUT2D eigenvalue weighted by atomic mass is 16.5. The summed E-state index contributed by atoms with van der Waals surface area (Å²) in [5, 5.41) is 2.67. The number of rotatable bonds is 4. The smallest absolute Gasteiger partial charge is 0.224 e. The lowest BCUT2D eigenvalue weighted by Crippen LogP contribution is -2.41. The van der Waals surface area contributed by atoms with E-state index in [0.717, 1.165) is 32.7 Å². The first kappa shape index (κ1) is 17.5. The van der Waals surface area contributed by atoms with Crippen LogP contribution in [0, 0.1) is 11.8 Å². The van der Waals surface area contributed by atoms with E-state index in [1.165, 1.54) is 16.3 Å². The second-order valence-corrected chi connectivity index (χ2v) is 7.95. The Kier molecular flexibility index (Phi) is 4.96. The minimum atomic E-state index is 0.106. The summed E-state index contributed by atoms with van der Waals surface area (Å²) in [6.07, 6.45) is 1.76. The molecule has 4 heteroatoms. The molecule has 4 nitrogen and oxygen atoms in total. The van der Waals surface area contributed by atoms with Crippen molar-refractivity contribution in [3.8, 4) is 0 Å². The van der Waals surface area contributed by atoms with Gasteiger partial charge in [-0.3, -0.25) is 9.69 Å². The lowest BCUT2D eigenvalue weighted by molar-refractivity contribution is -0.131. The van der Waals surface area contributed by atoms with Gasteiger partial charge in [0.05, 0.1) is 19.1 Å². The van der Waals surface area contributed by atoms with Crippen LogP contribution in [-0.2, 0) is 16.1 Å². The van der Waals surface area contributed by atoms with Gasteiger partial charge in [0.2, 0.25) is 5.91 Å². The van der Waals surface area contributed by atoms with Crippen LogP contribution in [0.5, 0.6) is 0 Å². The van der Waals surface area contributed by atoms with Crippen LogP contribution < -0.4 is 0 Å². The van der Waals surface area contributed by atoms with Crippen LogP contribution in [0.25, 0.3) is 10.8 Å². The predicted octanol–water partition coefficient (Wildman–Crippen LogP) is 3.16. The minimum absolute atomic E-state index is 0.106. The molecule has 2 heterocycles. The molecule has 0 saturated carbocycles. The monoisotopic (exact) mass is 352 g/mol. The van der Waals surface area contributed by atoms with Gasteiger partial charge in [0, 0.05) is 33.1 Å². The summed E-state index contributed by atoms with van der Waals surface area (Å²) in [6.45, 7) is 3.94. The molecule has 2 saturated heterocycles. The normalized spacial score (nSPS) is 26.0. The topological polar surface area (TPSA) is 32.8 Å². The molecule has 0 N–H and O–H groups in total. The first-order valence-corrected chi connectivity index (χ1v) is 9.62. The molecular formula is C22H28N2O2. The van der Waals surface area contributed by atoms with Crippen LogP contribution in [0.2, 0.25) is 0 Å². The number of hydrogen-bond donors (Lipinski definition) is 0. The lowest BCUT2D eigenvalue weighted by atomic mass is 9.83. The first-order chi connectivity index (χ1) is 12.6. The second kappa shape index (κ2) is 7.37. The van der Waals surface area contributed by atoms with E-state index in [0.29, 0.717) is 18.3 Å². The summed E-state index contributed by atoms with van der Waals surface area (Å²) < 4.78 is 6.02. The number of piperidine rings is 1. The number of fused-ring (bicyclic) bond motifs is 2. The largest absolute Gasteiger partial charge is 0.377 e. The van der Waals surface area contributed by atoms with Crippen LogP contribution in [0.4, 0.5) is 0 Å². The maximum absolute atomic E-state index is 12.0. The van der Waals surface area contributed by atoms with Crippen LogP contribution in [0.15, 0.2) is 42.5 Å². The third kappa shape index (κ3) is 3.49. The Morgan fingerprint density at radius 3 is 2.85 bits per heavy atom. The highest BCUT2D eigenvalue weighted by Crippen LogP contribution is 2.36. The van der Waals surface area contributed by atoms with Gasteiger partial charge in [0.15, 0.2) is 0 Å². The number of benzene rings is 2.